The van der Waals surface area contributed by atoms with Crippen LogP contribution in [0.5, 0.6) is 0 Å². The van der Waals surface area contributed by atoms with E-state index in [0.29, 0.717) is 17.9 Å². The predicted octanol–water partition coefficient (Wildman–Crippen LogP) is 4.22. The van der Waals surface area contributed by atoms with Gasteiger partial charge in [0.25, 0.3) is 0 Å². The summed E-state index contributed by atoms with van der Waals surface area (Å²) in [6, 6.07) is 11.4. The maximum atomic E-state index is 4.14. The minimum Gasteiger partial charge on any atom is -0.378 e. The number of nitrogens with zero attached hydrogens (tertiary/aromatic N) is 1. The highest BCUT2D eigenvalue weighted by molar-refractivity contribution is 5.60. The van der Waals surface area contributed by atoms with Gasteiger partial charge in [0.15, 0.2) is 0 Å². The first kappa shape index (κ1) is 11.7. The maximum Gasteiger partial charge on any atom is 0.0555 e. The Kier molecular flexibility index (Phi) is 2.62. The molecule has 1 aliphatic heterocycles. The van der Waals surface area contributed by atoms with E-state index in [2.05, 4.69) is 59.7 Å². The van der Waals surface area contributed by atoms with Gasteiger partial charge in [-0.3, -0.25) is 4.98 Å². The lowest BCUT2D eigenvalue weighted by Crippen LogP contribution is -2.29. The van der Waals surface area contributed by atoms with Crippen molar-refractivity contribution < 1.29 is 0 Å². The summed E-state index contributed by atoms with van der Waals surface area (Å²) in [6.45, 7) is 2.17. The van der Waals surface area contributed by atoms with E-state index in [-0.39, 0.29) is 0 Å². The summed E-state index contributed by atoms with van der Waals surface area (Å²) < 4.78 is 0. The molecule has 2 nitrogen and oxygen atoms in total. The standard InChI is InChI=1S/C18H18N2/c1-12-5-6-17-16(11-12)14-3-2-4-15(14)18(20-17)13-7-9-19-10-8-13/h2-3,5-11,14-15,18,20H,4H2,1H3/t14-,15+,18+/m0/s1. The molecule has 100 valence electrons. The van der Waals surface area contributed by atoms with Crippen molar-refractivity contribution in [3.05, 3.63) is 71.6 Å². The van der Waals surface area contributed by atoms with Crippen LogP contribution >= 0.6 is 0 Å². The summed E-state index contributed by atoms with van der Waals surface area (Å²) in [5, 5.41) is 3.74. The van der Waals surface area contributed by atoms with Gasteiger partial charge in [-0.05, 0) is 48.6 Å². The second kappa shape index (κ2) is 4.48. The van der Waals surface area contributed by atoms with Gasteiger partial charge in [-0.2, -0.15) is 0 Å². The van der Waals surface area contributed by atoms with E-state index in [9.17, 15) is 0 Å². The third kappa shape index (κ3) is 1.75. The van der Waals surface area contributed by atoms with E-state index in [1.807, 2.05) is 12.4 Å². The topological polar surface area (TPSA) is 24.9 Å². The number of allylic oxidation sites excluding steroid dienone is 2. The highest BCUT2D eigenvalue weighted by atomic mass is 15.0. The lowest BCUT2D eigenvalue weighted by Gasteiger charge is -2.37. The van der Waals surface area contributed by atoms with Crippen molar-refractivity contribution >= 4 is 5.69 Å². The molecular formula is C18H18N2. The molecular weight excluding hydrogens is 244 g/mol. The second-order valence-corrected chi connectivity index (χ2v) is 5.85. The summed E-state index contributed by atoms with van der Waals surface area (Å²) in [5.41, 5.74) is 5.41. The molecule has 0 amide bonds. The summed E-state index contributed by atoms with van der Waals surface area (Å²) in [4.78, 5) is 4.14. The Morgan fingerprint density at radius 3 is 2.85 bits per heavy atom. The van der Waals surface area contributed by atoms with Gasteiger partial charge in [0.05, 0.1) is 6.04 Å². The minimum absolute atomic E-state index is 0.383. The molecule has 0 bridgehead atoms. The van der Waals surface area contributed by atoms with Gasteiger partial charge in [0.2, 0.25) is 0 Å². The van der Waals surface area contributed by atoms with Crippen LogP contribution in [0.25, 0.3) is 0 Å². The number of rotatable bonds is 1. The molecule has 3 atom stereocenters. The van der Waals surface area contributed by atoms with Crippen molar-refractivity contribution in [2.45, 2.75) is 25.3 Å². The van der Waals surface area contributed by atoms with Gasteiger partial charge < -0.3 is 5.32 Å². The van der Waals surface area contributed by atoms with Gasteiger partial charge in [0.1, 0.15) is 0 Å². The summed E-state index contributed by atoms with van der Waals surface area (Å²) >= 11 is 0. The SMILES string of the molecule is Cc1ccc2c(c1)[C@H]1C=CC[C@H]1[C@@H](c1ccncc1)N2. The van der Waals surface area contributed by atoms with Gasteiger partial charge in [-0.1, -0.05) is 29.8 Å². The number of hydrogen-bond donors (Lipinski definition) is 1. The van der Waals surface area contributed by atoms with Crippen LogP contribution in [0.1, 0.15) is 35.1 Å². The molecule has 0 spiro atoms. The van der Waals surface area contributed by atoms with Gasteiger partial charge in [-0.25, -0.2) is 0 Å². The Bertz CT molecular complexity index is 660. The summed E-state index contributed by atoms with van der Waals surface area (Å²) in [7, 11) is 0. The molecule has 2 aromatic rings. The predicted molar refractivity (Wildman–Crippen MR) is 81.8 cm³/mol. The smallest absolute Gasteiger partial charge is 0.0555 e. The number of pyridine rings is 1. The van der Waals surface area contributed by atoms with Crippen LogP contribution in [-0.4, -0.2) is 4.98 Å². The second-order valence-electron chi connectivity index (χ2n) is 5.85. The highest BCUT2D eigenvalue weighted by Gasteiger charge is 2.37. The van der Waals surface area contributed by atoms with Crippen LogP contribution in [0.4, 0.5) is 5.69 Å². The van der Waals surface area contributed by atoms with E-state index in [4.69, 9.17) is 0 Å². The molecule has 0 saturated heterocycles. The molecule has 0 radical (unpaired) electrons. The number of aryl methyl sites for hydroxylation is 1. The zero-order valence-electron chi connectivity index (χ0n) is 11.6. The number of benzene rings is 1. The van der Waals surface area contributed by atoms with Crippen LogP contribution in [0.3, 0.4) is 0 Å². The Morgan fingerprint density at radius 1 is 1.15 bits per heavy atom. The average molecular weight is 262 g/mol. The van der Waals surface area contributed by atoms with Crippen LogP contribution in [0.15, 0.2) is 54.9 Å². The monoisotopic (exact) mass is 262 g/mol. The molecule has 0 fully saturated rings. The average Bonchev–Trinajstić information content (AvgIpc) is 2.97. The first-order valence-corrected chi connectivity index (χ1v) is 7.26. The van der Waals surface area contributed by atoms with Crippen molar-refractivity contribution in [3.8, 4) is 0 Å². The minimum atomic E-state index is 0.383. The fourth-order valence-electron chi connectivity index (χ4n) is 3.61. The van der Waals surface area contributed by atoms with Crippen molar-refractivity contribution in [1.29, 1.82) is 0 Å². The van der Waals surface area contributed by atoms with Crippen molar-refractivity contribution in [3.63, 3.8) is 0 Å². The Balaban J connectivity index is 1.80. The molecule has 1 aromatic carbocycles. The fourth-order valence-corrected chi connectivity index (χ4v) is 3.61. The first-order chi connectivity index (χ1) is 9.83. The Labute approximate surface area is 119 Å². The van der Waals surface area contributed by atoms with Crippen molar-refractivity contribution in [2.75, 3.05) is 5.32 Å². The van der Waals surface area contributed by atoms with E-state index >= 15 is 0 Å². The molecule has 1 aliphatic carbocycles. The fraction of sp³-hybridized carbons (Fsp3) is 0.278. The highest BCUT2D eigenvalue weighted by Crippen LogP contribution is 2.49. The first-order valence-electron chi connectivity index (χ1n) is 7.26. The molecule has 1 N–H and O–H groups in total. The number of fused-ring (bicyclic) bond motifs is 3. The molecule has 0 unspecified atom stereocenters. The van der Waals surface area contributed by atoms with Crippen molar-refractivity contribution in [1.82, 2.24) is 4.98 Å². The molecule has 20 heavy (non-hydrogen) atoms. The third-order valence-corrected chi connectivity index (χ3v) is 4.58. The molecule has 2 heterocycles. The van der Waals surface area contributed by atoms with Crippen LogP contribution in [-0.2, 0) is 0 Å². The maximum absolute atomic E-state index is 4.14. The third-order valence-electron chi connectivity index (χ3n) is 4.58. The molecule has 2 heteroatoms. The van der Waals surface area contributed by atoms with Crippen LogP contribution in [0.2, 0.25) is 0 Å². The van der Waals surface area contributed by atoms with Gasteiger partial charge >= 0.3 is 0 Å². The lowest BCUT2D eigenvalue weighted by molar-refractivity contribution is 0.425. The quantitative estimate of drug-likeness (QED) is 0.778. The zero-order chi connectivity index (χ0) is 13.5. The lowest BCUT2D eigenvalue weighted by atomic mass is 9.77. The van der Waals surface area contributed by atoms with E-state index in [1.165, 1.54) is 22.4 Å². The number of nitrogens with one attached hydrogen (secondary N) is 1. The normalized spacial score (nSPS) is 26.8. The van der Waals surface area contributed by atoms with Crippen LogP contribution in [0, 0.1) is 12.8 Å². The number of hydrogen-bond acceptors (Lipinski definition) is 2. The Morgan fingerprint density at radius 2 is 2.00 bits per heavy atom. The van der Waals surface area contributed by atoms with Crippen LogP contribution < -0.4 is 5.32 Å². The van der Waals surface area contributed by atoms with E-state index < -0.39 is 0 Å². The van der Waals surface area contributed by atoms with Gasteiger partial charge in [0, 0.05) is 24.0 Å². The van der Waals surface area contributed by atoms with Gasteiger partial charge in [-0.15, -0.1) is 0 Å². The van der Waals surface area contributed by atoms with E-state index in [1.54, 1.807) is 0 Å². The zero-order valence-corrected chi connectivity index (χ0v) is 11.6. The number of aromatic nitrogens is 1. The summed E-state index contributed by atoms with van der Waals surface area (Å²) in [6.07, 6.45) is 9.65. The largest absolute Gasteiger partial charge is 0.378 e. The van der Waals surface area contributed by atoms with E-state index in [0.717, 1.165) is 6.42 Å². The number of anilines is 1. The molecule has 2 aliphatic rings. The summed E-state index contributed by atoms with van der Waals surface area (Å²) in [5.74, 6) is 1.16. The molecule has 1 aromatic heterocycles. The molecule has 4 rings (SSSR count). The molecule has 0 saturated carbocycles. The van der Waals surface area contributed by atoms with Crippen molar-refractivity contribution in [2.24, 2.45) is 5.92 Å². The Hall–Kier alpha value is -2.09.